The van der Waals surface area contributed by atoms with Crippen LogP contribution in [-0.4, -0.2) is 41.2 Å². The van der Waals surface area contributed by atoms with Crippen LogP contribution in [0.5, 0.6) is 0 Å². The monoisotopic (exact) mass is 318 g/mol. The summed E-state index contributed by atoms with van der Waals surface area (Å²) in [4.78, 5) is 29.1. The predicted octanol–water partition coefficient (Wildman–Crippen LogP) is 2.53. The highest BCUT2D eigenvalue weighted by atomic mass is 16.2. The van der Waals surface area contributed by atoms with Gasteiger partial charge in [0.1, 0.15) is 0 Å². The highest BCUT2D eigenvalue weighted by Gasteiger charge is 2.39. The van der Waals surface area contributed by atoms with Crippen LogP contribution in [0.15, 0.2) is 24.3 Å². The lowest BCUT2D eigenvalue weighted by molar-refractivity contribution is -0.152. The normalized spacial score (nSPS) is 35.5. The molecule has 1 atom stereocenters. The Balaban J connectivity index is 1.58. The molecule has 23 heavy (non-hydrogen) atoms. The second-order valence-electron chi connectivity index (χ2n) is 6.35. The molecule has 2 heterocycles. The van der Waals surface area contributed by atoms with Crippen molar-refractivity contribution in [3.05, 3.63) is 35.4 Å². The zero-order valence-electron chi connectivity index (χ0n) is 18.9. The van der Waals surface area contributed by atoms with Crippen molar-refractivity contribution in [2.45, 2.75) is 44.4 Å². The largest absolute Gasteiger partial charge is 0.332 e. The second-order valence-corrected chi connectivity index (χ2v) is 6.35. The van der Waals surface area contributed by atoms with Gasteiger partial charge in [-0.15, -0.1) is 0 Å². The van der Waals surface area contributed by atoms with Gasteiger partial charge >= 0.3 is 0 Å². The highest BCUT2D eigenvalue weighted by Crippen LogP contribution is 2.34. The van der Waals surface area contributed by atoms with Gasteiger partial charge < -0.3 is 9.80 Å². The van der Waals surface area contributed by atoms with Gasteiger partial charge in [-0.25, -0.2) is 0 Å². The van der Waals surface area contributed by atoms with Crippen molar-refractivity contribution >= 4 is 11.8 Å². The number of carbonyl (C=O) groups excluding carboxylic acids is 2. The Bertz CT molecular complexity index is 839. The van der Waals surface area contributed by atoms with E-state index in [-0.39, 0.29) is 25.0 Å². The van der Waals surface area contributed by atoms with Gasteiger partial charge in [0.2, 0.25) is 11.8 Å². The molecule has 1 aromatic carbocycles. The SMILES string of the molecule is [2H]C1([2H])CC(C(=O)N2CC(=O)N3CCc4ccccc4[C@H]3C2)CC([2H])([2H])C1([2H])[2H]. The van der Waals surface area contributed by atoms with Crippen molar-refractivity contribution in [1.82, 2.24) is 9.80 Å². The van der Waals surface area contributed by atoms with Crippen molar-refractivity contribution in [2.75, 3.05) is 19.6 Å². The first-order valence-electron chi connectivity index (χ1n) is 11.1. The number of rotatable bonds is 1. The summed E-state index contributed by atoms with van der Waals surface area (Å²) in [5.41, 5.74) is 2.16. The van der Waals surface area contributed by atoms with Gasteiger partial charge in [0.25, 0.3) is 0 Å². The third-order valence-corrected chi connectivity index (χ3v) is 4.99. The first-order chi connectivity index (χ1) is 13.4. The topological polar surface area (TPSA) is 40.6 Å². The fourth-order valence-corrected chi connectivity index (χ4v) is 3.76. The van der Waals surface area contributed by atoms with Crippen LogP contribution in [0, 0.1) is 5.92 Å². The van der Waals surface area contributed by atoms with Gasteiger partial charge in [-0.1, -0.05) is 43.4 Å². The fraction of sp³-hybridized carbons (Fsp3) is 0.579. The van der Waals surface area contributed by atoms with E-state index in [1.165, 1.54) is 4.90 Å². The van der Waals surface area contributed by atoms with Crippen LogP contribution in [0.25, 0.3) is 0 Å². The van der Waals surface area contributed by atoms with Crippen LogP contribution in [0.4, 0.5) is 0 Å². The van der Waals surface area contributed by atoms with E-state index in [0.717, 1.165) is 17.5 Å². The van der Waals surface area contributed by atoms with Crippen molar-refractivity contribution in [3.8, 4) is 0 Å². The molecule has 1 saturated carbocycles. The molecule has 4 nitrogen and oxygen atoms in total. The van der Waals surface area contributed by atoms with E-state index in [1.807, 2.05) is 24.3 Å². The Hall–Kier alpha value is -1.84. The predicted molar refractivity (Wildman–Crippen MR) is 87.8 cm³/mol. The van der Waals surface area contributed by atoms with Gasteiger partial charge in [-0.05, 0) is 30.4 Å². The molecule has 2 aliphatic heterocycles. The van der Waals surface area contributed by atoms with E-state index in [4.69, 9.17) is 8.22 Å². The maximum Gasteiger partial charge on any atom is 0.242 e. The summed E-state index contributed by atoms with van der Waals surface area (Å²) in [6, 6.07) is 7.57. The number of hydrogen-bond acceptors (Lipinski definition) is 2. The molecule has 0 bridgehead atoms. The fourth-order valence-electron chi connectivity index (χ4n) is 3.76. The van der Waals surface area contributed by atoms with E-state index in [9.17, 15) is 9.59 Å². The molecule has 1 aromatic rings. The number of benzene rings is 1. The van der Waals surface area contributed by atoms with Crippen molar-refractivity contribution in [3.63, 3.8) is 0 Å². The lowest BCUT2D eigenvalue weighted by Crippen LogP contribution is -2.56. The van der Waals surface area contributed by atoms with Crippen LogP contribution in [0.1, 0.15) is 57.4 Å². The zero-order chi connectivity index (χ0) is 21.2. The van der Waals surface area contributed by atoms with E-state index < -0.39 is 43.8 Å². The Morgan fingerprint density at radius 1 is 1.17 bits per heavy atom. The summed E-state index contributed by atoms with van der Waals surface area (Å²) in [7, 11) is 0. The molecule has 0 radical (unpaired) electrons. The highest BCUT2D eigenvalue weighted by molar-refractivity contribution is 5.87. The Morgan fingerprint density at radius 3 is 2.78 bits per heavy atom. The average Bonchev–Trinajstić information content (AvgIpc) is 2.65. The van der Waals surface area contributed by atoms with Crippen LogP contribution < -0.4 is 0 Å². The molecule has 0 spiro atoms. The molecular weight excluding hydrogens is 288 g/mol. The molecular formula is C19H24N2O2. The lowest BCUT2D eigenvalue weighted by Gasteiger charge is -2.45. The minimum atomic E-state index is -2.69. The van der Waals surface area contributed by atoms with Gasteiger partial charge in [-0.2, -0.15) is 0 Å². The van der Waals surface area contributed by atoms with Crippen LogP contribution in [-0.2, 0) is 16.0 Å². The van der Waals surface area contributed by atoms with E-state index >= 15 is 0 Å². The zero-order valence-corrected chi connectivity index (χ0v) is 12.9. The van der Waals surface area contributed by atoms with E-state index in [1.54, 1.807) is 4.90 Å². The van der Waals surface area contributed by atoms with Crippen molar-refractivity contribution < 1.29 is 17.8 Å². The minimum Gasteiger partial charge on any atom is -0.332 e. The first kappa shape index (κ1) is 9.45. The quantitative estimate of drug-likeness (QED) is 0.798. The molecule has 4 heteroatoms. The summed E-state index contributed by atoms with van der Waals surface area (Å²) in [6.45, 7) is 0.779. The Morgan fingerprint density at radius 2 is 1.96 bits per heavy atom. The minimum absolute atomic E-state index is 0.104. The average molecular weight is 318 g/mol. The van der Waals surface area contributed by atoms with E-state index in [0.29, 0.717) is 6.54 Å². The number of nitrogens with zero attached hydrogens (tertiary/aromatic N) is 2. The van der Waals surface area contributed by atoms with Crippen molar-refractivity contribution in [1.29, 1.82) is 0 Å². The molecule has 122 valence electrons. The number of amides is 2. The standard InChI is InChI=1S/C19H24N2O2/c22-18-13-20(19(23)15-7-2-1-3-8-15)12-17-16-9-5-4-6-14(16)10-11-21(17)18/h4-6,9,15,17H,1-3,7-8,10-13H2/t17-/m1/s1/i1D2,2D2,3D2. The summed E-state index contributed by atoms with van der Waals surface area (Å²) in [6.07, 6.45) is -7.66. The van der Waals surface area contributed by atoms with Crippen molar-refractivity contribution in [2.24, 2.45) is 5.92 Å². The van der Waals surface area contributed by atoms with E-state index in [2.05, 4.69) is 0 Å². The molecule has 1 saturated heterocycles. The smallest absolute Gasteiger partial charge is 0.242 e. The van der Waals surface area contributed by atoms with Crippen LogP contribution >= 0.6 is 0 Å². The van der Waals surface area contributed by atoms with Gasteiger partial charge in [0, 0.05) is 27.2 Å². The third kappa shape index (κ3) is 2.64. The number of carbonyl (C=O) groups is 2. The molecule has 0 unspecified atom stereocenters. The van der Waals surface area contributed by atoms with Crippen LogP contribution in [0.3, 0.4) is 0 Å². The lowest BCUT2D eigenvalue weighted by atomic mass is 9.87. The molecule has 2 fully saturated rings. The molecule has 3 aliphatic rings. The number of fused-ring (bicyclic) bond motifs is 3. The summed E-state index contributed by atoms with van der Waals surface area (Å²) >= 11 is 0. The summed E-state index contributed by atoms with van der Waals surface area (Å²) in [5, 5.41) is 0. The third-order valence-electron chi connectivity index (χ3n) is 4.99. The maximum absolute atomic E-state index is 13.2. The number of piperazine rings is 1. The molecule has 1 aliphatic carbocycles. The number of hydrogen-bond donors (Lipinski definition) is 0. The van der Waals surface area contributed by atoms with Gasteiger partial charge in [-0.3, -0.25) is 9.59 Å². The molecule has 0 N–H and O–H groups in total. The molecule has 0 aromatic heterocycles. The Kier molecular flexibility index (Phi) is 2.46. The molecule has 2 amide bonds. The molecule has 4 rings (SSSR count). The maximum atomic E-state index is 13.2. The van der Waals surface area contributed by atoms with Crippen LogP contribution in [0.2, 0.25) is 0 Å². The summed E-state index contributed by atoms with van der Waals surface area (Å²) in [5.74, 6) is -1.63. The Labute approximate surface area is 145 Å². The van der Waals surface area contributed by atoms with Gasteiger partial charge in [0.05, 0.1) is 12.6 Å². The summed E-state index contributed by atoms with van der Waals surface area (Å²) < 4.78 is 47.8. The second kappa shape index (κ2) is 5.99. The first-order valence-corrected chi connectivity index (χ1v) is 8.11. The van der Waals surface area contributed by atoms with Gasteiger partial charge in [0.15, 0.2) is 0 Å².